The number of carboxylic acids is 1. The van der Waals surface area contributed by atoms with Crippen LogP contribution in [-0.4, -0.2) is 43.2 Å². The third-order valence-electron chi connectivity index (χ3n) is 4.46. The summed E-state index contributed by atoms with van der Waals surface area (Å²) in [4.78, 5) is 26.9. The number of nitrogens with one attached hydrogen (secondary N) is 1. The van der Waals surface area contributed by atoms with Gasteiger partial charge in [0.05, 0.1) is 5.69 Å². The van der Waals surface area contributed by atoms with Crippen LogP contribution in [0.1, 0.15) is 60.5 Å². The summed E-state index contributed by atoms with van der Waals surface area (Å²) in [6.07, 6.45) is 8.03. The van der Waals surface area contributed by atoms with E-state index in [1.165, 1.54) is 19.2 Å². The number of aliphatic carboxylic acids is 1. The zero-order valence-corrected chi connectivity index (χ0v) is 13.2. The molecule has 3 rings (SSSR count). The van der Waals surface area contributed by atoms with Crippen LogP contribution in [0.25, 0.3) is 5.65 Å². The van der Waals surface area contributed by atoms with E-state index in [1.807, 2.05) is 0 Å². The number of pyridine rings is 1. The van der Waals surface area contributed by atoms with Crippen molar-refractivity contribution in [3.05, 3.63) is 23.7 Å². The lowest BCUT2D eigenvalue weighted by atomic mass is 9.95. The number of nitrogens with zero attached hydrogens (tertiary/aromatic N) is 3. The number of carbonyl (C=O) groups is 2. The molecule has 128 valence electrons. The molecule has 0 bridgehead atoms. The van der Waals surface area contributed by atoms with E-state index in [0.717, 1.165) is 31.4 Å². The van der Waals surface area contributed by atoms with Crippen molar-refractivity contribution in [3.8, 4) is 5.75 Å². The second-order valence-electron chi connectivity index (χ2n) is 6.09. The van der Waals surface area contributed by atoms with Crippen LogP contribution in [0.3, 0.4) is 0 Å². The number of hydrogen-bond donors (Lipinski definition) is 3. The van der Waals surface area contributed by atoms with Gasteiger partial charge in [0.25, 0.3) is 5.91 Å². The maximum Gasteiger partial charge on any atom is 0.322 e. The molecule has 24 heavy (non-hydrogen) atoms. The van der Waals surface area contributed by atoms with Gasteiger partial charge in [-0.3, -0.25) is 9.59 Å². The van der Waals surface area contributed by atoms with E-state index in [2.05, 4.69) is 15.4 Å². The zero-order chi connectivity index (χ0) is 17.1. The first-order chi connectivity index (χ1) is 11.6. The van der Waals surface area contributed by atoms with Crippen molar-refractivity contribution in [1.82, 2.24) is 19.9 Å². The molecule has 0 aliphatic heterocycles. The molecule has 1 aliphatic rings. The molecule has 2 aromatic heterocycles. The minimum Gasteiger partial charge on any atom is -0.507 e. The highest BCUT2D eigenvalue weighted by atomic mass is 16.4. The fourth-order valence-corrected chi connectivity index (χ4v) is 3.32. The summed E-state index contributed by atoms with van der Waals surface area (Å²) in [5.74, 6) is -1.77. The second-order valence-corrected chi connectivity index (χ2v) is 6.09. The molecule has 1 aliphatic carbocycles. The van der Waals surface area contributed by atoms with Gasteiger partial charge in [-0.15, -0.1) is 0 Å². The van der Waals surface area contributed by atoms with E-state index in [0.29, 0.717) is 0 Å². The minimum absolute atomic E-state index is 0.0499. The molecule has 1 amide bonds. The molecule has 8 nitrogen and oxygen atoms in total. The van der Waals surface area contributed by atoms with Crippen molar-refractivity contribution in [2.24, 2.45) is 0 Å². The van der Waals surface area contributed by atoms with Crippen LogP contribution < -0.4 is 5.32 Å². The molecule has 1 saturated carbocycles. The Hall–Kier alpha value is -2.64. The van der Waals surface area contributed by atoms with Gasteiger partial charge in [-0.25, -0.2) is 9.50 Å². The number of carbonyl (C=O) groups excluding carboxylic acids is 1. The molecule has 8 heteroatoms. The highest BCUT2D eigenvalue weighted by molar-refractivity contribution is 6.03. The van der Waals surface area contributed by atoms with E-state index in [1.54, 1.807) is 10.6 Å². The molecule has 0 unspecified atom stereocenters. The molecule has 0 radical (unpaired) electrons. The van der Waals surface area contributed by atoms with Crippen LogP contribution in [0.5, 0.6) is 5.75 Å². The molecule has 0 spiro atoms. The molecular weight excluding hydrogens is 312 g/mol. The summed E-state index contributed by atoms with van der Waals surface area (Å²) in [6.45, 7) is -0.525. The summed E-state index contributed by atoms with van der Waals surface area (Å²) in [6, 6.07) is 1.56. The average molecular weight is 332 g/mol. The predicted octanol–water partition coefficient (Wildman–Crippen LogP) is 1.69. The van der Waals surface area contributed by atoms with Crippen molar-refractivity contribution in [2.45, 2.75) is 44.4 Å². The number of aromatic nitrogens is 3. The Morgan fingerprint density at radius 3 is 2.62 bits per heavy atom. The number of aromatic hydroxyl groups is 1. The van der Waals surface area contributed by atoms with Gasteiger partial charge in [-0.2, -0.15) is 5.10 Å². The monoisotopic (exact) mass is 332 g/mol. The quantitative estimate of drug-likeness (QED) is 0.734. The van der Waals surface area contributed by atoms with Gasteiger partial charge >= 0.3 is 5.97 Å². The Balaban J connectivity index is 2.00. The maximum absolute atomic E-state index is 12.2. The number of fused-ring (bicyclic) bond motifs is 1. The Labute approximate surface area is 138 Å². The Bertz CT molecular complexity index is 763. The summed E-state index contributed by atoms with van der Waals surface area (Å²) >= 11 is 0. The molecule has 2 aromatic rings. The molecule has 3 N–H and O–H groups in total. The normalized spacial score (nSPS) is 16.0. The third kappa shape index (κ3) is 3.17. The van der Waals surface area contributed by atoms with Crippen LogP contribution >= 0.6 is 0 Å². The molecule has 1 fully saturated rings. The van der Waals surface area contributed by atoms with E-state index >= 15 is 0 Å². The summed E-state index contributed by atoms with van der Waals surface area (Å²) in [5.41, 5.74) is 1.04. The van der Waals surface area contributed by atoms with Gasteiger partial charge in [0.15, 0.2) is 5.65 Å². The van der Waals surface area contributed by atoms with E-state index in [4.69, 9.17) is 5.11 Å². The Kier molecular flexibility index (Phi) is 4.64. The van der Waals surface area contributed by atoms with Gasteiger partial charge in [-0.1, -0.05) is 25.7 Å². The molecule has 0 saturated heterocycles. The smallest absolute Gasteiger partial charge is 0.322 e. The van der Waals surface area contributed by atoms with Crippen LogP contribution in [0.2, 0.25) is 0 Å². The fraction of sp³-hybridized carbons (Fsp3) is 0.500. The second kappa shape index (κ2) is 6.86. The van der Waals surface area contributed by atoms with Crippen molar-refractivity contribution < 1.29 is 19.8 Å². The maximum atomic E-state index is 12.2. The van der Waals surface area contributed by atoms with Gasteiger partial charge in [0, 0.05) is 12.0 Å². The minimum atomic E-state index is -1.16. The van der Waals surface area contributed by atoms with Crippen LogP contribution in [0, 0.1) is 0 Å². The van der Waals surface area contributed by atoms with Crippen LogP contribution in [0.4, 0.5) is 0 Å². The van der Waals surface area contributed by atoms with Crippen molar-refractivity contribution >= 4 is 17.5 Å². The largest absolute Gasteiger partial charge is 0.507 e. The van der Waals surface area contributed by atoms with Crippen LogP contribution in [-0.2, 0) is 4.79 Å². The highest BCUT2D eigenvalue weighted by Gasteiger charge is 2.24. The average Bonchev–Trinajstić information content (AvgIpc) is 2.86. The molecular formula is C16H20N4O4. The standard InChI is InChI=1S/C16H20N4O4/c21-12-7-11(10-5-3-1-2-4-6-10)20-15(18-9-19-20)14(12)16(24)17-8-13(22)23/h7,9-10,21H,1-6,8H2,(H,17,24)(H,22,23). The molecule has 2 heterocycles. The summed E-state index contributed by atoms with van der Waals surface area (Å²) < 4.78 is 1.59. The first-order valence-corrected chi connectivity index (χ1v) is 8.13. The van der Waals surface area contributed by atoms with Gasteiger partial charge in [-0.05, 0) is 12.8 Å². The van der Waals surface area contributed by atoms with Crippen molar-refractivity contribution in [2.75, 3.05) is 6.54 Å². The third-order valence-corrected chi connectivity index (χ3v) is 4.46. The van der Waals surface area contributed by atoms with E-state index < -0.39 is 18.4 Å². The lowest BCUT2D eigenvalue weighted by molar-refractivity contribution is -0.135. The van der Waals surface area contributed by atoms with Gasteiger partial charge in [0.2, 0.25) is 0 Å². The number of amides is 1. The van der Waals surface area contributed by atoms with E-state index in [9.17, 15) is 14.7 Å². The number of hydrogen-bond acceptors (Lipinski definition) is 5. The van der Waals surface area contributed by atoms with Gasteiger partial charge in [0.1, 0.15) is 24.2 Å². The zero-order valence-electron chi connectivity index (χ0n) is 13.2. The van der Waals surface area contributed by atoms with Gasteiger partial charge < -0.3 is 15.5 Å². The lowest BCUT2D eigenvalue weighted by Crippen LogP contribution is -2.30. The number of carboxylic acid groups (broad SMARTS) is 1. The lowest BCUT2D eigenvalue weighted by Gasteiger charge is -2.17. The van der Waals surface area contributed by atoms with Crippen LogP contribution in [0.15, 0.2) is 12.4 Å². The predicted molar refractivity (Wildman–Crippen MR) is 85.1 cm³/mol. The van der Waals surface area contributed by atoms with Crippen molar-refractivity contribution in [1.29, 1.82) is 0 Å². The summed E-state index contributed by atoms with van der Waals surface area (Å²) in [7, 11) is 0. The highest BCUT2D eigenvalue weighted by Crippen LogP contribution is 2.34. The van der Waals surface area contributed by atoms with Crippen molar-refractivity contribution in [3.63, 3.8) is 0 Å². The number of rotatable bonds is 4. The topological polar surface area (TPSA) is 117 Å². The Morgan fingerprint density at radius 2 is 1.96 bits per heavy atom. The van der Waals surface area contributed by atoms with E-state index in [-0.39, 0.29) is 22.9 Å². The first-order valence-electron chi connectivity index (χ1n) is 8.13. The fourth-order valence-electron chi connectivity index (χ4n) is 3.32. The first kappa shape index (κ1) is 16.2. The Morgan fingerprint density at radius 1 is 1.25 bits per heavy atom. The molecule has 0 atom stereocenters. The SMILES string of the molecule is O=C(O)CNC(=O)c1c(O)cc(C2CCCCCC2)n2ncnc12. The summed E-state index contributed by atoms with van der Waals surface area (Å²) in [5, 5.41) is 25.5. The molecule has 0 aromatic carbocycles.